The van der Waals surface area contributed by atoms with E-state index in [0.29, 0.717) is 30.7 Å². The summed E-state index contributed by atoms with van der Waals surface area (Å²) >= 11 is 5.89. The van der Waals surface area contributed by atoms with Crippen molar-refractivity contribution < 1.29 is 23.6 Å². The van der Waals surface area contributed by atoms with Crippen LogP contribution in [0.4, 0.5) is 10.5 Å². The fraction of sp³-hybridized carbons (Fsp3) is 0.481. The van der Waals surface area contributed by atoms with Gasteiger partial charge in [-0.2, -0.15) is 9.83 Å². The van der Waals surface area contributed by atoms with Crippen LogP contribution < -0.4 is 25.3 Å². The van der Waals surface area contributed by atoms with E-state index in [1.165, 1.54) is 0 Å². The summed E-state index contributed by atoms with van der Waals surface area (Å²) in [5, 5.41) is 12.9. The lowest BCUT2D eigenvalue weighted by Crippen LogP contribution is -2.40. The lowest BCUT2D eigenvalue weighted by Gasteiger charge is -2.22. The summed E-state index contributed by atoms with van der Waals surface area (Å²) in [4.78, 5) is 17.4. The molecule has 0 spiro atoms. The number of ether oxygens (including phenoxy) is 3. The average Bonchev–Trinajstić information content (AvgIpc) is 2.94. The number of anilines is 1. The number of pyridine rings is 1. The van der Waals surface area contributed by atoms with Gasteiger partial charge in [0.15, 0.2) is 12.4 Å². The first-order valence-corrected chi connectivity index (χ1v) is 13.3. The minimum atomic E-state index is -0.683. The Morgan fingerprint density at radius 3 is 2.63 bits per heavy atom. The van der Waals surface area contributed by atoms with Crippen LogP contribution in [0, 0.1) is 17.4 Å². The molecule has 1 saturated heterocycles. The van der Waals surface area contributed by atoms with Crippen LogP contribution in [0.25, 0.3) is 0 Å². The lowest BCUT2D eigenvalue weighted by atomic mass is 10.0. The van der Waals surface area contributed by atoms with Gasteiger partial charge in [-0.3, -0.25) is 0 Å². The van der Waals surface area contributed by atoms with E-state index < -0.39 is 6.16 Å². The SMILES string of the molecule is N#CN=C(N)N(CCCCCCOc1ccc(Cl)cc1)c1cc[n+](COC(=O)OCC2CCCNC2)cc1. The second kappa shape index (κ2) is 16.3. The highest BCUT2D eigenvalue weighted by Crippen LogP contribution is 2.17. The quantitative estimate of drug-likeness (QED) is 0.0970. The van der Waals surface area contributed by atoms with Gasteiger partial charge in [0, 0.05) is 36.2 Å². The number of hydrogen-bond donors (Lipinski definition) is 2. The van der Waals surface area contributed by atoms with Crippen molar-refractivity contribution in [3.63, 3.8) is 0 Å². The zero-order chi connectivity index (χ0) is 27.0. The minimum Gasteiger partial charge on any atom is -0.494 e. The Labute approximate surface area is 228 Å². The van der Waals surface area contributed by atoms with Crippen LogP contribution in [0.5, 0.6) is 5.75 Å². The number of nitrogens with two attached hydrogens (primary N) is 1. The number of rotatable bonds is 13. The van der Waals surface area contributed by atoms with Gasteiger partial charge in [0.25, 0.3) is 6.73 Å². The first-order chi connectivity index (χ1) is 18.5. The average molecular weight is 544 g/mol. The highest BCUT2D eigenvalue weighted by Gasteiger charge is 2.17. The molecule has 3 N–H and O–H groups in total. The van der Waals surface area contributed by atoms with Crippen LogP contribution in [-0.2, 0) is 16.2 Å². The Morgan fingerprint density at radius 1 is 1.16 bits per heavy atom. The molecule has 0 radical (unpaired) electrons. The molecule has 1 aromatic carbocycles. The van der Waals surface area contributed by atoms with Crippen LogP contribution in [0.1, 0.15) is 38.5 Å². The summed E-state index contributed by atoms with van der Waals surface area (Å²) in [5.41, 5.74) is 6.84. The number of carbonyl (C=O) groups is 1. The largest absolute Gasteiger partial charge is 0.513 e. The van der Waals surface area contributed by atoms with Crippen molar-refractivity contribution in [1.82, 2.24) is 5.32 Å². The van der Waals surface area contributed by atoms with Crippen molar-refractivity contribution >= 4 is 29.4 Å². The fourth-order valence-corrected chi connectivity index (χ4v) is 4.20. The van der Waals surface area contributed by atoms with Gasteiger partial charge in [0.05, 0.1) is 18.9 Å². The number of piperidine rings is 1. The van der Waals surface area contributed by atoms with Crippen molar-refractivity contribution in [2.45, 2.75) is 45.3 Å². The number of nitriles is 1. The number of aromatic nitrogens is 1. The highest BCUT2D eigenvalue weighted by atomic mass is 35.5. The Bertz CT molecular complexity index is 1050. The van der Waals surface area contributed by atoms with Gasteiger partial charge in [0.1, 0.15) is 5.75 Å². The third-order valence-electron chi connectivity index (χ3n) is 6.15. The third kappa shape index (κ3) is 10.4. The van der Waals surface area contributed by atoms with E-state index >= 15 is 0 Å². The molecule has 204 valence electrons. The van der Waals surface area contributed by atoms with Crippen LogP contribution in [0.2, 0.25) is 5.02 Å². The van der Waals surface area contributed by atoms with E-state index in [9.17, 15) is 4.79 Å². The van der Waals surface area contributed by atoms with Crippen molar-refractivity contribution in [3.8, 4) is 11.9 Å². The molecule has 1 atom stereocenters. The summed E-state index contributed by atoms with van der Waals surface area (Å²) in [6, 6.07) is 11.0. The van der Waals surface area contributed by atoms with E-state index in [0.717, 1.165) is 63.1 Å². The Hall–Kier alpha value is -3.55. The summed E-state index contributed by atoms with van der Waals surface area (Å²) in [6.07, 6.45) is 10.5. The van der Waals surface area contributed by atoms with Gasteiger partial charge >= 0.3 is 6.16 Å². The van der Waals surface area contributed by atoms with E-state index in [1.54, 1.807) is 28.1 Å². The molecular formula is C27H36ClN6O4+. The number of halogens is 1. The third-order valence-corrected chi connectivity index (χ3v) is 6.40. The smallest absolute Gasteiger partial charge is 0.494 e. The zero-order valence-electron chi connectivity index (χ0n) is 21.6. The molecule has 1 fully saturated rings. The maximum absolute atomic E-state index is 11.9. The number of guanidine groups is 1. The molecule has 2 aromatic rings. The second-order valence-electron chi connectivity index (χ2n) is 9.06. The summed E-state index contributed by atoms with van der Waals surface area (Å²) < 4.78 is 17.9. The van der Waals surface area contributed by atoms with Crippen LogP contribution in [-0.4, -0.2) is 45.0 Å². The van der Waals surface area contributed by atoms with E-state index in [1.807, 2.05) is 36.4 Å². The summed E-state index contributed by atoms with van der Waals surface area (Å²) in [6.45, 7) is 3.50. The Morgan fingerprint density at radius 2 is 1.92 bits per heavy atom. The maximum Gasteiger partial charge on any atom is 0.513 e. The second-order valence-corrected chi connectivity index (χ2v) is 9.49. The van der Waals surface area contributed by atoms with Gasteiger partial charge in [-0.25, -0.2) is 4.79 Å². The topological polar surface area (TPSA) is 126 Å². The molecule has 1 unspecified atom stereocenters. The van der Waals surface area contributed by atoms with Crippen LogP contribution in [0.15, 0.2) is 53.8 Å². The molecule has 11 heteroatoms. The normalized spacial score (nSPS) is 15.4. The molecule has 0 bridgehead atoms. The van der Waals surface area contributed by atoms with Crippen LogP contribution in [0.3, 0.4) is 0 Å². The summed E-state index contributed by atoms with van der Waals surface area (Å²) in [5.74, 6) is 1.27. The first kappa shape index (κ1) is 29.0. The number of carbonyl (C=O) groups excluding carboxylic acids is 1. The maximum atomic E-state index is 11.9. The minimum absolute atomic E-state index is 0.0297. The molecule has 0 aliphatic carbocycles. The molecule has 0 saturated carbocycles. The van der Waals surface area contributed by atoms with Crippen molar-refractivity contribution in [1.29, 1.82) is 5.26 Å². The van der Waals surface area contributed by atoms with Gasteiger partial charge in [-0.1, -0.05) is 24.4 Å². The molecule has 1 aromatic heterocycles. The summed E-state index contributed by atoms with van der Waals surface area (Å²) in [7, 11) is 0. The van der Waals surface area contributed by atoms with E-state index in [2.05, 4.69) is 10.3 Å². The van der Waals surface area contributed by atoms with Gasteiger partial charge in [-0.15, -0.1) is 4.99 Å². The zero-order valence-corrected chi connectivity index (χ0v) is 22.3. The number of nitrogens with one attached hydrogen (secondary N) is 1. The Kier molecular flexibility index (Phi) is 12.5. The molecule has 38 heavy (non-hydrogen) atoms. The molecule has 0 amide bonds. The van der Waals surface area contributed by atoms with Crippen molar-refractivity contribution in [3.05, 3.63) is 53.8 Å². The van der Waals surface area contributed by atoms with Crippen molar-refractivity contribution in [2.24, 2.45) is 16.6 Å². The van der Waals surface area contributed by atoms with Crippen molar-refractivity contribution in [2.75, 3.05) is 37.7 Å². The lowest BCUT2D eigenvalue weighted by molar-refractivity contribution is -0.727. The van der Waals surface area contributed by atoms with Gasteiger partial charge in [0.2, 0.25) is 12.2 Å². The number of aliphatic imine (C=N–C) groups is 1. The predicted molar refractivity (Wildman–Crippen MR) is 145 cm³/mol. The van der Waals surface area contributed by atoms with E-state index in [-0.39, 0.29) is 12.7 Å². The first-order valence-electron chi connectivity index (χ1n) is 12.9. The van der Waals surface area contributed by atoms with E-state index in [4.69, 9.17) is 36.8 Å². The van der Waals surface area contributed by atoms with Gasteiger partial charge < -0.3 is 30.2 Å². The molecule has 2 heterocycles. The van der Waals surface area contributed by atoms with Crippen LogP contribution >= 0.6 is 11.6 Å². The number of hydrogen-bond acceptors (Lipinski definition) is 7. The molecule has 10 nitrogen and oxygen atoms in total. The van der Waals surface area contributed by atoms with Gasteiger partial charge in [-0.05, 0) is 56.5 Å². The molecule has 3 rings (SSSR count). The highest BCUT2D eigenvalue weighted by molar-refractivity contribution is 6.30. The molecule has 1 aliphatic rings. The molecule has 1 aliphatic heterocycles. The predicted octanol–water partition coefficient (Wildman–Crippen LogP) is 3.98. The Balaban J connectivity index is 1.39. The number of benzene rings is 1. The standard InChI is InChI=1S/C27H36ClN6O4/c28-23-7-9-25(10-8-23)36-17-4-2-1-3-14-34(26(30)32-20-29)24-11-15-33(16-12-24)21-38-27(35)37-19-22-6-5-13-31-18-22/h7-12,15-16,22,31H,1-6,13-14,17-19,21H2,(H2,30,32)/q+1. The monoisotopic (exact) mass is 543 g/mol. The fourth-order valence-electron chi connectivity index (χ4n) is 4.07. The number of unbranched alkanes of at least 4 members (excludes halogenated alkanes) is 3. The number of nitrogens with zero attached hydrogens (tertiary/aromatic N) is 4. The molecular weight excluding hydrogens is 508 g/mol.